The van der Waals surface area contributed by atoms with E-state index in [1.165, 1.54) is 24.0 Å². The van der Waals surface area contributed by atoms with Crippen LogP contribution in [0.3, 0.4) is 0 Å². The maximum Gasteiger partial charge on any atom is 0.0101 e. The SMILES string of the molecule is C[C@H]1[C@H](NCCNCCC(c2ccccc2)c2ccccc2)C[C@H]2C[C@@H]1C2(C)C. The lowest BCUT2D eigenvalue weighted by atomic mass is 9.45. The fourth-order valence-corrected chi connectivity index (χ4v) is 6.03. The van der Waals surface area contributed by atoms with Gasteiger partial charge in [0, 0.05) is 25.0 Å². The molecule has 0 unspecified atom stereocenters. The zero-order valence-electron chi connectivity index (χ0n) is 18.4. The highest BCUT2D eigenvalue weighted by atomic mass is 15.0. The largest absolute Gasteiger partial charge is 0.315 e. The molecule has 0 heterocycles. The normalized spacial score (nSPS) is 27.6. The van der Waals surface area contributed by atoms with E-state index in [4.69, 9.17) is 0 Å². The molecule has 3 aliphatic carbocycles. The number of hydrogen-bond donors (Lipinski definition) is 2. The predicted octanol–water partition coefficient (Wildman–Crippen LogP) is 5.46. The Morgan fingerprint density at radius 2 is 1.48 bits per heavy atom. The molecule has 5 rings (SSSR count). The van der Waals surface area contributed by atoms with Crippen LogP contribution >= 0.6 is 0 Å². The summed E-state index contributed by atoms with van der Waals surface area (Å²) in [6.07, 6.45) is 3.96. The standard InChI is InChI=1S/C27H38N2/c1-20-25-18-23(27(25,2)3)19-26(20)29-17-16-28-15-14-24(21-10-6-4-7-11-21)22-12-8-5-9-13-22/h4-13,20,23-26,28-29H,14-19H2,1-3H3/t20-,23-,25+,26-/m1/s1. The highest BCUT2D eigenvalue weighted by Crippen LogP contribution is 2.61. The quantitative estimate of drug-likeness (QED) is 0.556. The lowest BCUT2D eigenvalue weighted by molar-refractivity contribution is -0.114. The molecule has 4 atom stereocenters. The first kappa shape index (κ1) is 20.6. The van der Waals surface area contributed by atoms with Gasteiger partial charge in [0.2, 0.25) is 0 Å². The fraction of sp³-hybridized carbons (Fsp3) is 0.556. The van der Waals surface area contributed by atoms with Crippen molar-refractivity contribution in [1.29, 1.82) is 0 Å². The summed E-state index contributed by atoms with van der Waals surface area (Å²) in [4.78, 5) is 0. The summed E-state index contributed by atoms with van der Waals surface area (Å²) in [7, 11) is 0. The summed E-state index contributed by atoms with van der Waals surface area (Å²) in [5.74, 6) is 3.14. The summed E-state index contributed by atoms with van der Waals surface area (Å²) in [6.45, 7) is 10.6. The highest BCUT2D eigenvalue weighted by molar-refractivity contribution is 5.32. The molecule has 3 fully saturated rings. The van der Waals surface area contributed by atoms with Crippen molar-refractivity contribution in [2.45, 2.75) is 52.0 Å². The minimum atomic E-state index is 0.463. The van der Waals surface area contributed by atoms with Gasteiger partial charge >= 0.3 is 0 Å². The van der Waals surface area contributed by atoms with Crippen molar-refractivity contribution in [2.75, 3.05) is 19.6 Å². The average Bonchev–Trinajstić information content (AvgIpc) is 2.75. The monoisotopic (exact) mass is 390 g/mol. The lowest BCUT2D eigenvalue weighted by Gasteiger charge is -2.62. The van der Waals surface area contributed by atoms with Crippen molar-refractivity contribution in [1.82, 2.24) is 10.6 Å². The molecule has 2 bridgehead atoms. The van der Waals surface area contributed by atoms with Gasteiger partial charge in [0.25, 0.3) is 0 Å². The molecule has 2 aromatic carbocycles. The Balaban J connectivity index is 1.21. The maximum atomic E-state index is 3.86. The Bertz CT molecular complexity index is 715. The van der Waals surface area contributed by atoms with Crippen molar-refractivity contribution in [3.63, 3.8) is 0 Å². The van der Waals surface area contributed by atoms with Crippen LogP contribution in [0.25, 0.3) is 0 Å². The van der Waals surface area contributed by atoms with Gasteiger partial charge in [-0.1, -0.05) is 81.4 Å². The van der Waals surface area contributed by atoms with Crippen molar-refractivity contribution in [2.24, 2.45) is 23.2 Å². The van der Waals surface area contributed by atoms with E-state index in [0.29, 0.717) is 11.3 Å². The zero-order valence-corrected chi connectivity index (χ0v) is 18.4. The van der Waals surface area contributed by atoms with Crippen LogP contribution in [0.4, 0.5) is 0 Å². The molecule has 0 saturated heterocycles. The number of rotatable bonds is 9. The number of nitrogens with one attached hydrogen (secondary N) is 2. The fourth-order valence-electron chi connectivity index (χ4n) is 6.03. The first-order valence-electron chi connectivity index (χ1n) is 11.6. The van der Waals surface area contributed by atoms with Gasteiger partial charge in [-0.3, -0.25) is 0 Å². The van der Waals surface area contributed by atoms with Crippen molar-refractivity contribution >= 4 is 0 Å². The van der Waals surface area contributed by atoms with Crippen LogP contribution < -0.4 is 10.6 Å². The van der Waals surface area contributed by atoms with E-state index in [0.717, 1.165) is 49.9 Å². The summed E-state index contributed by atoms with van der Waals surface area (Å²) in [5.41, 5.74) is 3.41. The molecule has 0 spiro atoms. The second kappa shape index (κ2) is 9.02. The highest BCUT2D eigenvalue weighted by Gasteiger charge is 2.55. The van der Waals surface area contributed by atoms with Gasteiger partial charge in [-0.15, -0.1) is 0 Å². The van der Waals surface area contributed by atoms with E-state index in [9.17, 15) is 0 Å². The minimum Gasteiger partial charge on any atom is -0.315 e. The van der Waals surface area contributed by atoms with Crippen LogP contribution in [-0.2, 0) is 0 Å². The summed E-state index contributed by atoms with van der Waals surface area (Å²) in [6, 6.07) is 22.6. The number of hydrogen-bond acceptors (Lipinski definition) is 2. The molecular formula is C27H38N2. The molecule has 2 nitrogen and oxygen atoms in total. The second-order valence-corrected chi connectivity index (χ2v) is 9.93. The Morgan fingerprint density at radius 1 is 0.862 bits per heavy atom. The van der Waals surface area contributed by atoms with Crippen LogP contribution in [0.2, 0.25) is 0 Å². The minimum absolute atomic E-state index is 0.463. The molecule has 0 aliphatic heterocycles. The van der Waals surface area contributed by atoms with Gasteiger partial charge in [-0.25, -0.2) is 0 Å². The topological polar surface area (TPSA) is 24.1 Å². The molecule has 0 radical (unpaired) electrons. The van der Waals surface area contributed by atoms with Gasteiger partial charge < -0.3 is 10.6 Å². The third-order valence-electron chi connectivity index (χ3n) is 8.08. The van der Waals surface area contributed by atoms with Gasteiger partial charge in [0.05, 0.1) is 0 Å². The predicted molar refractivity (Wildman–Crippen MR) is 123 cm³/mol. The van der Waals surface area contributed by atoms with E-state index in [1.807, 2.05) is 0 Å². The van der Waals surface area contributed by atoms with Crippen molar-refractivity contribution < 1.29 is 0 Å². The molecule has 3 aliphatic rings. The molecule has 2 N–H and O–H groups in total. The van der Waals surface area contributed by atoms with E-state index in [2.05, 4.69) is 92.1 Å². The smallest absolute Gasteiger partial charge is 0.0101 e. The van der Waals surface area contributed by atoms with Gasteiger partial charge in [0.1, 0.15) is 0 Å². The Morgan fingerprint density at radius 3 is 2.03 bits per heavy atom. The molecule has 156 valence electrons. The first-order valence-corrected chi connectivity index (χ1v) is 11.6. The third-order valence-corrected chi connectivity index (χ3v) is 8.08. The van der Waals surface area contributed by atoms with E-state index in [-0.39, 0.29) is 0 Å². The first-order chi connectivity index (χ1) is 14.1. The molecule has 3 saturated carbocycles. The molecule has 2 aromatic rings. The summed E-state index contributed by atoms with van der Waals surface area (Å²) in [5, 5.41) is 7.54. The number of benzene rings is 2. The van der Waals surface area contributed by atoms with Crippen molar-refractivity contribution in [3.8, 4) is 0 Å². The Kier molecular flexibility index (Phi) is 6.41. The van der Waals surface area contributed by atoms with E-state index in [1.54, 1.807) is 0 Å². The van der Waals surface area contributed by atoms with Gasteiger partial charge in [0.15, 0.2) is 0 Å². The summed E-state index contributed by atoms with van der Waals surface area (Å²) < 4.78 is 0. The molecule has 29 heavy (non-hydrogen) atoms. The molecule has 0 aromatic heterocycles. The molecule has 0 amide bonds. The van der Waals surface area contributed by atoms with Gasteiger partial charge in [-0.2, -0.15) is 0 Å². The molecule has 2 heteroatoms. The molecular weight excluding hydrogens is 352 g/mol. The van der Waals surface area contributed by atoms with Crippen LogP contribution in [-0.4, -0.2) is 25.7 Å². The third kappa shape index (κ3) is 4.44. The lowest BCUT2D eigenvalue weighted by Crippen LogP contribution is -2.60. The van der Waals surface area contributed by atoms with Crippen LogP contribution in [0, 0.1) is 23.2 Å². The van der Waals surface area contributed by atoms with Crippen LogP contribution in [0.5, 0.6) is 0 Å². The summed E-state index contributed by atoms with van der Waals surface area (Å²) >= 11 is 0. The zero-order chi connectivity index (χ0) is 20.3. The van der Waals surface area contributed by atoms with E-state index >= 15 is 0 Å². The van der Waals surface area contributed by atoms with Crippen LogP contribution in [0.1, 0.15) is 57.1 Å². The average molecular weight is 391 g/mol. The second-order valence-electron chi connectivity index (χ2n) is 9.93. The van der Waals surface area contributed by atoms with Crippen LogP contribution in [0.15, 0.2) is 60.7 Å². The van der Waals surface area contributed by atoms with Gasteiger partial charge in [-0.05, 0) is 60.1 Å². The number of fused-ring (bicyclic) bond motifs is 2. The van der Waals surface area contributed by atoms with E-state index < -0.39 is 0 Å². The van der Waals surface area contributed by atoms with Crippen molar-refractivity contribution in [3.05, 3.63) is 71.8 Å². The Hall–Kier alpha value is -1.64. The Labute approximate surface area is 177 Å². The maximum absolute atomic E-state index is 3.86.